The van der Waals surface area contributed by atoms with Gasteiger partial charge in [0.15, 0.2) is 0 Å². The topological polar surface area (TPSA) is 72.9 Å². The van der Waals surface area contributed by atoms with Crippen molar-refractivity contribution in [3.05, 3.63) is 28.8 Å². The van der Waals surface area contributed by atoms with E-state index in [4.69, 9.17) is 21.1 Å². The van der Waals surface area contributed by atoms with E-state index in [0.29, 0.717) is 18.0 Å². The largest absolute Gasteiger partial charge is 0.465 e. The van der Waals surface area contributed by atoms with Crippen LogP contribution in [-0.2, 0) is 20.3 Å². The highest BCUT2D eigenvalue weighted by molar-refractivity contribution is 7.85. The summed E-state index contributed by atoms with van der Waals surface area (Å²) in [6.45, 7) is 7.08. The average Bonchev–Trinajstić information content (AvgIpc) is 2.72. The molecule has 31 heavy (non-hydrogen) atoms. The van der Waals surface area contributed by atoms with Crippen LogP contribution in [0.3, 0.4) is 0 Å². The van der Waals surface area contributed by atoms with E-state index in [-0.39, 0.29) is 27.3 Å². The number of hydrogen-bond donors (Lipinski definition) is 0. The number of esters is 1. The maximum atomic E-state index is 13.1. The van der Waals surface area contributed by atoms with E-state index in [2.05, 4.69) is 0 Å². The highest BCUT2D eigenvalue weighted by Gasteiger charge is 2.41. The van der Waals surface area contributed by atoms with Crippen molar-refractivity contribution in [3.63, 3.8) is 0 Å². The van der Waals surface area contributed by atoms with Crippen LogP contribution in [0.5, 0.6) is 0 Å². The molecule has 1 atom stereocenters. The number of nitrogens with zero attached hydrogens (tertiary/aromatic N) is 1. The van der Waals surface area contributed by atoms with Gasteiger partial charge in [-0.25, -0.2) is 9.59 Å². The number of amides is 1. The second kappa shape index (κ2) is 9.49. The zero-order valence-electron chi connectivity index (χ0n) is 18.7. The van der Waals surface area contributed by atoms with Crippen LogP contribution in [-0.4, -0.2) is 52.2 Å². The Balaban J connectivity index is 1.55. The molecule has 1 saturated heterocycles. The van der Waals surface area contributed by atoms with Crippen LogP contribution in [0.2, 0.25) is 5.02 Å². The number of carbonyl (C=O) groups is 2. The van der Waals surface area contributed by atoms with Crippen molar-refractivity contribution in [2.45, 2.75) is 75.0 Å². The Kier molecular flexibility index (Phi) is 7.36. The third-order valence-corrected chi connectivity index (χ3v) is 8.46. The molecule has 1 aromatic rings. The molecule has 1 amide bonds. The van der Waals surface area contributed by atoms with Crippen LogP contribution in [0.1, 0.15) is 69.7 Å². The summed E-state index contributed by atoms with van der Waals surface area (Å²) >= 11 is 6.20. The SMILES string of the molecule is COC(=O)c1ccc(S(=O)C2CCC3(CC2)CCN(C(=O)OC(C)(C)C)CC3)cc1Cl. The molecule has 1 unspecified atom stereocenters. The van der Waals surface area contributed by atoms with Gasteiger partial charge in [0.05, 0.1) is 28.5 Å². The molecule has 6 nitrogen and oxygen atoms in total. The predicted octanol–water partition coefficient (Wildman–Crippen LogP) is 5.19. The van der Waals surface area contributed by atoms with Crippen molar-refractivity contribution in [3.8, 4) is 0 Å². The normalized spacial score (nSPS) is 20.4. The minimum Gasteiger partial charge on any atom is -0.465 e. The van der Waals surface area contributed by atoms with Gasteiger partial charge in [0.25, 0.3) is 0 Å². The van der Waals surface area contributed by atoms with E-state index < -0.39 is 22.4 Å². The van der Waals surface area contributed by atoms with Crippen LogP contribution in [0.15, 0.2) is 23.1 Å². The van der Waals surface area contributed by atoms with Crippen molar-refractivity contribution < 1.29 is 23.3 Å². The molecule has 3 rings (SSSR count). The molecule has 2 aliphatic rings. The van der Waals surface area contributed by atoms with Crippen LogP contribution in [0.4, 0.5) is 4.79 Å². The van der Waals surface area contributed by atoms with Crippen LogP contribution in [0, 0.1) is 5.41 Å². The van der Waals surface area contributed by atoms with Crippen LogP contribution < -0.4 is 0 Å². The first-order chi connectivity index (χ1) is 14.5. The number of carbonyl (C=O) groups excluding carboxylic acids is 2. The number of piperidine rings is 1. The number of ether oxygens (including phenoxy) is 2. The standard InChI is InChI=1S/C23H32ClNO5S/c1-22(2,3)30-21(27)25-13-11-23(12-14-25)9-7-16(8-10-23)31(28)17-5-6-18(19(24)15-17)20(26)29-4/h5-6,15-16H,7-14H2,1-4H3. The molecule has 8 heteroatoms. The van der Waals surface area contributed by atoms with Crippen molar-refractivity contribution >= 4 is 34.5 Å². The Labute approximate surface area is 192 Å². The zero-order chi connectivity index (χ0) is 22.8. The Bertz CT molecular complexity index is 848. The summed E-state index contributed by atoms with van der Waals surface area (Å²) in [6.07, 6.45) is 5.49. The van der Waals surface area contributed by atoms with E-state index in [0.717, 1.165) is 38.5 Å². The van der Waals surface area contributed by atoms with Gasteiger partial charge in [-0.1, -0.05) is 11.6 Å². The quantitative estimate of drug-likeness (QED) is 0.569. The number of benzene rings is 1. The molecule has 1 aliphatic heterocycles. The highest BCUT2D eigenvalue weighted by atomic mass is 35.5. The van der Waals surface area contributed by atoms with Crippen molar-refractivity contribution in [1.82, 2.24) is 4.90 Å². The summed E-state index contributed by atoms with van der Waals surface area (Å²) in [5, 5.41) is 0.342. The lowest BCUT2D eigenvalue weighted by atomic mass is 9.68. The third-order valence-electron chi connectivity index (χ3n) is 6.35. The number of likely N-dealkylation sites (tertiary alicyclic amines) is 1. The van der Waals surface area contributed by atoms with E-state index in [1.165, 1.54) is 7.11 Å². The molecule has 1 aliphatic carbocycles. The Hall–Kier alpha value is -1.60. The molecule has 0 bridgehead atoms. The number of hydrogen-bond acceptors (Lipinski definition) is 5. The van der Waals surface area contributed by atoms with E-state index in [1.54, 1.807) is 18.2 Å². The number of halogens is 1. The molecule has 0 N–H and O–H groups in total. The summed E-state index contributed by atoms with van der Waals surface area (Å²) in [5.41, 5.74) is 0.0296. The summed E-state index contributed by atoms with van der Waals surface area (Å²) < 4.78 is 23.3. The lowest BCUT2D eigenvalue weighted by Crippen LogP contribution is -2.46. The number of rotatable bonds is 3. The fraction of sp³-hybridized carbons (Fsp3) is 0.652. The maximum Gasteiger partial charge on any atom is 0.410 e. The monoisotopic (exact) mass is 469 g/mol. The fourth-order valence-corrected chi connectivity index (χ4v) is 6.30. The smallest absolute Gasteiger partial charge is 0.410 e. The molecular formula is C23H32ClNO5S. The third kappa shape index (κ3) is 5.80. The summed E-state index contributed by atoms with van der Waals surface area (Å²) in [7, 11) is 0.135. The fourth-order valence-electron chi connectivity index (χ4n) is 4.50. The van der Waals surface area contributed by atoms with E-state index >= 15 is 0 Å². The Morgan fingerprint density at radius 3 is 2.26 bits per heavy atom. The van der Waals surface area contributed by atoms with E-state index in [1.807, 2.05) is 25.7 Å². The first kappa shape index (κ1) is 24.1. The molecular weight excluding hydrogens is 438 g/mol. The summed E-state index contributed by atoms with van der Waals surface area (Å²) in [5.74, 6) is -0.500. The van der Waals surface area contributed by atoms with Gasteiger partial charge >= 0.3 is 12.1 Å². The lowest BCUT2D eigenvalue weighted by molar-refractivity contribution is 0.00472. The van der Waals surface area contributed by atoms with Gasteiger partial charge in [-0.05, 0) is 82.9 Å². The van der Waals surface area contributed by atoms with Crippen molar-refractivity contribution in [1.29, 1.82) is 0 Å². The van der Waals surface area contributed by atoms with E-state index in [9.17, 15) is 13.8 Å². The van der Waals surface area contributed by atoms with Gasteiger partial charge < -0.3 is 14.4 Å². The molecule has 2 fully saturated rings. The van der Waals surface area contributed by atoms with Crippen molar-refractivity contribution in [2.24, 2.45) is 5.41 Å². The first-order valence-electron chi connectivity index (χ1n) is 10.8. The van der Waals surface area contributed by atoms with Crippen LogP contribution in [0.25, 0.3) is 0 Å². The van der Waals surface area contributed by atoms with Gasteiger partial charge in [-0.15, -0.1) is 0 Å². The van der Waals surface area contributed by atoms with Gasteiger partial charge in [0, 0.05) is 23.2 Å². The Morgan fingerprint density at radius 1 is 1.13 bits per heavy atom. The summed E-state index contributed by atoms with van der Waals surface area (Å²) in [4.78, 5) is 26.5. The lowest BCUT2D eigenvalue weighted by Gasteiger charge is -2.45. The summed E-state index contributed by atoms with van der Waals surface area (Å²) in [6, 6.07) is 4.91. The zero-order valence-corrected chi connectivity index (χ0v) is 20.3. The molecule has 172 valence electrons. The molecule has 1 saturated carbocycles. The van der Waals surface area contributed by atoms with Gasteiger partial charge in [0.2, 0.25) is 0 Å². The maximum absolute atomic E-state index is 13.1. The van der Waals surface area contributed by atoms with Crippen LogP contribution >= 0.6 is 11.6 Å². The minimum absolute atomic E-state index is 0.0783. The van der Waals surface area contributed by atoms with Gasteiger partial charge in [-0.2, -0.15) is 0 Å². The number of methoxy groups -OCH3 is 1. The minimum atomic E-state index is -1.17. The molecule has 0 aromatic heterocycles. The van der Waals surface area contributed by atoms with Gasteiger partial charge in [-0.3, -0.25) is 4.21 Å². The Morgan fingerprint density at radius 2 is 1.74 bits per heavy atom. The molecule has 1 aromatic carbocycles. The molecule has 1 heterocycles. The van der Waals surface area contributed by atoms with Crippen molar-refractivity contribution in [2.75, 3.05) is 20.2 Å². The first-order valence-corrected chi connectivity index (χ1v) is 12.4. The predicted molar refractivity (Wildman–Crippen MR) is 121 cm³/mol. The molecule has 0 radical (unpaired) electrons. The molecule has 1 spiro atoms. The average molecular weight is 470 g/mol. The second-order valence-electron chi connectivity index (χ2n) is 9.60. The van der Waals surface area contributed by atoms with Gasteiger partial charge in [0.1, 0.15) is 5.60 Å². The second-order valence-corrected chi connectivity index (χ2v) is 11.7. The highest BCUT2D eigenvalue weighted by Crippen LogP contribution is 2.46.